The van der Waals surface area contributed by atoms with Crippen molar-refractivity contribution < 1.29 is 9.50 Å². The van der Waals surface area contributed by atoms with Crippen molar-refractivity contribution in [2.45, 2.75) is 13.5 Å². The van der Waals surface area contributed by atoms with Crippen LogP contribution in [-0.4, -0.2) is 5.11 Å². The molecule has 1 aromatic carbocycles. The van der Waals surface area contributed by atoms with Gasteiger partial charge in [0.05, 0.1) is 6.61 Å². The summed E-state index contributed by atoms with van der Waals surface area (Å²) in [5, 5.41) is 9.12. The largest absolute Gasteiger partial charge is 0.392 e. The van der Waals surface area contributed by atoms with Crippen LogP contribution in [0.3, 0.4) is 0 Å². The van der Waals surface area contributed by atoms with Crippen molar-refractivity contribution in [1.82, 2.24) is 0 Å². The SMILES string of the molecule is Cc1cc(F)c(CO)cc1Cl. The molecule has 0 unspecified atom stereocenters. The minimum absolute atomic E-state index is 0.237. The molecule has 0 aliphatic heterocycles. The van der Waals surface area contributed by atoms with Crippen LogP contribution in [0.4, 0.5) is 4.39 Å². The van der Waals surface area contributed by atoms with Crippen LogP contribution >= 0.6 is 11.6 Å². The Morgan fingerprint density at radius 1 is 1.55 bits per heavy atom. The molecule has 0 fully saturated rings. The fraction of sp³-hybridized carbons (Fsp3) is 0.250. The van der Waals surface area contributed by atoms with Gasteiger partial charge < -0.3 is 5.11 Å². The van der Waals surface area contributed by atoms with E-state index in [9.17, 15) is 4.39 Å². The van der Waals surface area contributed by atoms with E-state index in [2.05, 4.69) is 0 Å². The third-order valence-electron chi connectivity index (χ3n) is 1.50. The molecule has 3 heteroatoms. The minimum atomic E-state index is -0.408. The Balaban J connectivity index is 3.21. The molecule has 0 spiro atoms. The summed E-state index contributed by atoms with van der Waals surface area (Å²) >= 11 is 5.69. The van der Waals surface area contributed by atoms with Gasteiger partial charge in [-0.25, -0.2) is 4.39 Å². The van der Waals surface area contributed by atoms with Gasteiger partial charge in [-0.15, -0.1) is 0 Å². The van der Waals surface area contributed by atoms with Crippen molar-refractivity contribution in [3.8, 4) is 0 Å². The van der Waals surface area contributed by atoms with E-state index in [0.717, 1.165) is 0 Å². The average Bonchev–Trinajstić information content (AvgIpc) is 1.97. The van der Waals surface area contributed by atoms with Crippen molar-refractivity contribution >= 4 is 11.6 Å². The van der Waals surface area contributed by atoms with E-state index in [1.165, 1.54) is 12.1 Å². The highest BCUT2D eigenvalue weighted by molar-refractivity contribution is 6.31. The molecule has 0 radical (unpaired) electrons. The quantitative estimate of drug-likeness (QED) is 0.693. The first kappa shape index (κ1) is 8.50. The van der Waals surface area contributed by atoms with Gasteiger partial charge in [-0.3, -0.25) is 0 Å². The molecule has 11 heavy (non-hydrogen) atoms. The van der Waals surface area contributed by atoms with Crippen molar-refractivity contribution in [2.75, 3.05) is 0 Å². The molecule has 0 amide bonds. The first-order valence-corrected chi connectivity index (χ1v) is 3.58. The van der Waals surface area contributed by atoms with Gasteiger partial charge in [-0.2, -0.15) is 0 Å². The van der Waals surface area contributed by atoms with Crippen molar-refractivity contribution in [2.24, 2.45) is 0 Å². The van der Waals surface area contributed by atoms with E-state index in [1.807, 2.05) is 0 Å². The van der Waals surface area contributed by atoms with Gasteiger partial charge in [-0.1, -0.05) is 11.6 Å². The van der Waals surface area contributed by atoms with Gasteiger partial charge in [0.25, 0.3) is 0 Å². The van der Waals surface area contributed by atoms with Crippen molar-refractivity contribution in [3.05, 3.63) is 34.1 Å². The van der Waals surface area contributed by atoms with E-state index in [4.69, 9.17) is 16.7 Å². The Kier molecular flexibility index (Phi) is 2.47. The summed E-state index contributed by atoms with van der Waals surface area (Å²) in [6.45, 7) is 1.40. The predicted octanol–water partition coefficient (Wildman–Crippen LogP) is 2.28. The molecule has 0 aliphatic rings. The lowest BCUT2D eigenvalue weighted by Gasteiger charge is -2.01. The van der Waals surface area contributed by atoms with Crippen LogP contribution < -0.4 is 0 Å². The standard InChI is InChI=1S/C8H8ClFO/c1-5-2-8(10)6(4-11)3-7(5)9/h2-3,11H,4H2,1H3. The average molecular weight is 175 g/mol. The molecule has 1 nitrogen and oxygen atoms in total. The lowest BCUT2D eigenvalue weighted by Crippen LogP contribution is -1.90. The maximum atomic E-state index is 12.8. The van der Waals surface area contributed by atoms with Gasteiger partial charge in [0, 0.05) is 10.6 Å². The Labute approximate surface area is 69.4 Å². The number of halogens is 2. The van der Waals surface area contributed by atoms with Crippen LogP contribution in [0.1, 0.15) is 11.1 Å². The van der Waals surface area contributed by atoms with Crippen LogP contribution in [0.2, 0.25) is 5.02 Å². The van der Waals surface area contributed by atoms with Crippen LogP contribution in [0.25, 0.3) is 0 Å². The first-order chi connectivity index (χ1) is 5.15. The fourth-order valence-electron chi connectivity index (χ4n) is 0.809. The highest BCUT2D eigenvalue weighted by atomic mass is 35.5. The van der Waals surface area contributed by atoms with E-state index in [0.29, 0.717) is 10.6 Å². The summed E-state index contributed by atoms with van der Waals surface area (Å²) in [6, 6.07) is 2.75. The second-order valence-corrected chi connectivity index (χ2v) is 2.76. The van der Waals surface area contributed by atoms with Crippen LogP contribution in [-0.2, 0) is 6.61 Å². The van der Waals surface area contributed by atoms with Gasteiger partial charge in [0.15, 0.2) is 0 Å². The van der Waals surface area contributed by atoms with Gasteiger partial charge in [0.2, 0.25) is 0 Å². The normalized spacial score (nSPS) is 10.2. The number of hydrogen-bond acceptors (Lipinski definition) is 1. The van der Waals surface area contributed by atoms with Crippen molar-refractivity contribution in [3.63, 3.8) is 0 Å². The van der Waals surface area contributed by atoms with E-state index < -0.39 is 5.82 Å². The molecule has 1 aromatic rings. The van der Waals surface area contributed by atoms with Gasteiger partial charge in [-0.05, 0) is 24.6 Å². The third-order valence-corrected chi connectivity index (χ3v) is 1.91. The first-order valence-electron chi connectivity index (χ1n) is 3.20. The lowest BCUT2D eigenvalue weighted by molar-refractivity contribution is 0.275. The molecule has 0 aliphatic carbocycles. The summed E-state index contributed by atoms with van der Waals surface area (Å²) in [6.07, 6.45) is 0. The topological polar surface area (TPSA) is 20.2 Å². The molecule has 0 saturated carbocycles. The fourth-order valence-corrected chi connectivity index (χ4v) is 0.995. The molecule has 0 heterocycles. The molecule has 1 N–H and O–H groups in total. The van der Waals surface area contributed by atoms with E-state index in [-0.39, 0.29) is 12.2 Å². The predicted molar refractivity (Wildman–Crippen MR) is 42.1 cm³/mol. The summed E-state index contributed by atoms with van der Waals surface area (Å²) in [5.74, 6) is -0.408. The maximum Gasteiger partial charge on any atom is 0.129 e. The van der Waals surface area contributed by atoms with Gasteiger partial charge >= 0.3 is 0 Å². The molecule has 0 bridgehead atoms. The molecule has 0 atom stereocenters. The van der Waals surface area contributed by atoms with Crippen molar-refractivity contribution in [1.29, 1.82) is 0 Å². The number of benzene rings is 1. The van der Waals surface area contributed by atoms with Crippen LogP contribution in [0.5, 0.6) is 0 Å². The summed E-state index contributed by atoms with van der Waals surface area (Å²) in [4.78, 5) is 0. The number of hydrogen-bond donors (Lipinski definition) is 1. The Bertz CT molecular complexity index is 273. The number of aryl methyl sites for hydroxylation is 1. The van der Waals surface area contributed by atoms with Gasteiger partial charge in [0.1, 0.15) is 5.82 Å². The molecule has 0 saturated heterocycles. The zero-order valence-corrected chi connectivity index (χ0v) is 6.82. The summed E-state index contributed by atoms with van der Waals surface area (Å²) in [7, 11) is 0. The smallest absolute Gasteiger partial charge is 0.129 e. The second kappa shape index (κ2) is 3.20. The minimum Gasteiger partial charge on any atom is -0.392 e. The Hall–Kier alpha value is -0.600. The molecular formula is C8H8ClFO. The van der Waals surface area contributed by atoms with Crippen LogP contribution in [0.15, 0.2) is 12.1 Å². The third kappa shape index (κ3) is 1.70. The summed E-state index contributed by atoms with van der Waals surface area (Å²) in [5.41, 5.74) is 0.918. The zero-order chi connectivity index (χ0) is 8.43. The Morgan fingerprint density at radius 3 is 2.73 bits per heavy atom. The molecule has 1 rings (SSSR count). The number of aliphatic hydroxyl groups excluding tert-OH is 1. The monoisotopic (exact) mass is 174 g/mol. The van der Waals surface area contributed by atoms with E-state index in [1.54, 1.807) is 6.92 Å². The highest BCUT2D eigenvalue weighted by Crippen LogP contribution is 2.19. The molecule has 60 valence electrons. The number of aliphatic hydroxyl groups is 1. The molecular weight excluding hydrogens is 167 g/mol. The van der Waals surface area contributed by atoms with E-state index >= 15 is 0 Å². The Morgan fingerprint density at radius 2 is 2.18 bits per heavy atom. The summed E-state index contributed by atoms with van der Waals surface area (Å²) < 4.78 is 12.8. The number of rotatable bonds is 1. The zero-order valence-electron chi connectivity index (χ0n) is 6.06. The second-order valence-electron chi connectivity index (χ2n) is 2.35. The van der Waals surface area contributed by atoms with Crippen LogP contribution in [0, 0.1) is 12.7 Å². The maximum absolute atomic E-state index is 12.8. The lowest BCUT2D eigenvalue weighted by atomic mass is 10.1. The molecule has 0 aromatic heterocycles. The highest BCUT2D eigenvalue weighted by Gasteiger charge is 2.03.